The normalized spacial score (nSPS) is 11.3. The van der Waals surface area contributed by atoms with Gasteiger partial charge in [0.2, 0.25) is 0 Å². The third-order valence-corrected chi connectivity index (χ3v) is 4.03. The number of esters is 1. The average molecular weight is 531 g/mol. The van der Waals surface area contributed by atoms with Crippen molar-refractivity contribution in [3.8, 4) is 0 Å². The van der Waals surface area contributed by atoms with Gasteiger partial charge in [-0.05, 0) is 0 Å². The van der Waals surface area contributed by atoms with Crippen molar-refractivity contribution in [3.63, 3.8) is 0 Å². The molecule has 0 fully saturated rings. The number of aliphatic hydroxyl groups is 1. The lowest BCUT2D eigenvalue weighted by atomic mass is 10.6. The van der Waals surface area contributed by atoms with Gasteiger partial charge in [-0.2, -0.15) is 0 Å². The van der Waals surface area contributed by atoms with Gasteiger partial charge in [0.05, 0.1) is 139 Å². The molecule has 216 valence electrons. The highest BCUT2D eigenvalue weighted by Crippen LogP contribution is 1.86. The Morgan fingerprint density at radius 2 is 0.639 bits per heavy atom. The van der Waals surface area contributed by atoms with E-state index in [2.05, 4.69) is 4.74 Å². The fourth-order valence-corrected chi connectivity index (χ4v) is 2.26. The average Bonchev–Trinajstić information content (AvgIpc) is 2.89. The minimum Gasteiger partial charge on any atom is -0.467 e. The zero-order valence-corrected chi connectivity index (χ0v) is 21.7. The molecule has 13 nitrogen and oxygen atoms in total. The van der Waals surface area contributed by atoms with E-state index < -0.39 is 5.97 Å². The highest BCUT2D eigenvalue weighted by molar-refractivity contribution is 5.70. The number of aliphatic hydroxyl groups excluding tert-OH is 1. The van der Waals surface area contributed by atoms with E-state index in [-0.39, 0.29) is 13.2 Å². The fraction of sp³-hybridized carbons (Fsp3) is 0.957. The number of carbonyl (C=O) groups excluding carboxylic acids is 1. The van der Waals surface area contributed by atoms with Crippen LogP contribution >= 0.6 is 0 Å². The van der Waals surface area contributed by atoms with Crippen LogP contribution in [0.5, 0.6) is 0 Å². The summed E-state index contributed by atoms with van der Waals surface area (Å²) in [5.41, 5.74) is 0. The standard InChI is InChI=1S/C23H46O13/c1-26-23(25)22-36-21-20-35-19-18-34-17-16-33-15-14-32-13-12-31-11-10-30-9-8-29-7-6-28-5-4-27-3-2-24/h24H,2-22H2,1H3. The quantitative estimate of drug-likeness (QED) is 0.0895. The Morgan fingerprint density at radius 1 is 0.417 bits per heavy atom. The first kappa shape index (κ1) is 35.0. The maximum atomic E-state index is 10.8. The van der Waals surface area contributed by atoms with Gasteiger partial charge in [-0.1, -0.05) is 0 Å². The monoisotopic (exact) mass is 530 g/mol. The maximum Gasteiger partial charge on any atom is 0.331 e. The summed E-state index contributed by atoms with van der Waals surface area (Å²) in [5, 5.41) is 8.55. The molecule has 0 heterocycles. The van der Waals surface area contributed by atoms with E-state index in [0.717, 1.165) is 0 Å². The van der Waals surface area contributed by atoms with Crippen LogP contribution in [0.4, 0.5) is 0 Å². The van der Waals surface area contributed by atoms with Gasteiger partial charge >= 0.3 is 5.97 Å². The van der Waals surface area contributed by atoms with Crippen LogP contribution in [0.2, 0.25) is 0 Å². The topological polar surface area (TPSA) is 139 Å². The lowest BCUT2D eigenvalue weighted by Crippen LogP contribution is -2.16. The smallest absolute Gasteiger partial charge is 0.331 e. The maximum absolute atomic E-state index is 10.8. The first-order chi connectivity index (χ1) is 17.8. The van der Waals surface area contributed by atoms with Crippen molar-refractivity contribution < 1.29 is 62.0 Å². The lowest BCUT2D eigenvalue weighted by molar-refractivity contribution is -0.146. The zero-order valence-electron chi connectivity index (χ0n) is 21.7. The Balaban J connectivity index is 3.03. The van der Waals surface area contributed by atoms with Crippen LogP contribution in [0.1, 0.15) is 0 Å². The summed E-state index contributed by atoms with van der Waals surface area (Å²) in [6, 6.07) is 0. The molecule has 1 N–H and O–H groups in total. The molecular formula is C23H46O13. The van der Waals surface area contributed by atoms with Gasteiger partial charge in [0.25, 0.3) is 0 Å². The van der Waals surface area contributed by atoms with Gasteiger partial charge in [-0.15, -0.1) is 0 Å². The first-order valence-electron chi connectivity index (χ1n) is 12.3. The number of methoxy groups -OCH3 is 1. The Morgan fingerprint density at radius 3 is 0.861 bits per heavy atom. The Bertz CT molecular complexity index is 429. The zero-order chi connectivity index (χ0) is 26.2. The van der Waals surface area contributed by atoms with Crippen molar-refractivity contribution in [1.82, 2.24) is 0 Å². The molecule has 0 spiro atoms. The molecule has 0 aromatic rings. The summed E-state index contributed by atoms with van der Waals surface area (Å²) < 4.78 is 57.6. The van der Waals surface area contributed by atoms with Gasteiger partial charge in [-0.3, -0.25) is 0 Å². The molecule has 0 aliphatic carbocycles. The molecule has 36 heavy (non-hydrogen) atoms. The van der Waals surface area contributed by atoms with E-state index in [0.29, 0.717) is 126 Å². The van der Waals surface area contributed by atoms with Crippen molar-refractivity contribution in [3.05, 3.63) is 0 Å². The van der Waals surface area contributed by atoms with Crippen molar-refractivity contribution in [2.75, 3.05) is 146 Å². The van der Waals surface area contributed by atoms with E-state index in [1.165, 1.54) is 7.11 Å². The summed E-state index contributed by atoms with van der Waals surface area (Å²) in [5.74, 6) is -0.408. The number of hydrogen-bond donors (Lipinski definition) is 1. The van der Waals surface area contributed by atoms with Crippen LogP contribution in [0.3, 0.4) is 0 Å². The molecule has 0 aromatic carbocycles. The first-order valence-corrected chi connectivity index (χ1v) is 12.3. The second-order valence-electron chi connectivity index (χ2n) is 6.86. The van der Waals surface area contributed by atoms with Gasteiger partial charge in [0.1, 0.15) is 6.61 Å². The highest BCUT2D eigenvalue weighted by Gasteiger charge is 1.99. The Hall–Kier alpha value is -0.970. The molecule has 0 saturated carbocycles. The highest BCUT2D eigenvalue weighted by atomic mass is 16.6. The molecule has 0 saturated heterocycles. The number of hydrogen-bond acceptors (Lipinski definition) is 13. The molecule has 0 bridgehead atoms. The van der Waals surface area contributed by atoms with Gasteiger partial charge in [0, 0.05) is 0 Å². The van der Waals surface area contributed by atoms with Gasteiger partial charge in [0.15, 0.2) is 0 Å². The van der Waals surface area contributed by atoms with Crippen LogP contribution in [-0.2, 0) is 56.9 Å². The van der Waals surface area contributed by atoms with Crippen molar-refractivity contribution >= 4 is 5.97 Å². The van der Waals surface area contributed by atoms with Crippen LogP contribution < -0.4 is 0 Å². The molecule has 0 aliphatic heterocycles. The second kappa shape index (κ2) is 32.1. The van der Waals surface area contributed by atoms with Crippen molar-refractivity contribution in [2.45, 2.75) is 0 Å². The molecule has 0 rings (SSSR count). The van der Waals surface area contributed by atoms with E-state index in [1.807, 2.05) is 0 Å². The van der Waals surface area contributed by atoms with Crippen molar-refractivity contribution in [2.24, 2.45) is 0 Å². The number of rotatable bonds is 31. The molecule has 0 aliphatic rings. The predicted molar refractivity (Wildman–Crippen MR) is 127 cm³/mol. The molecule has 13 heteroatoms. The fourth-order valence-electron chi connectivity index (χ4n) is 2.26. The number of ether oxygens (including phenoxy) is 11. The molecule has 0 atom stereocenters. The molecule has 0 radical (unpaired) electrons. The van der Waals surface area contributed by atoms with Crippen LogP contribution in [-0.4, -0.2) is 157 Å². The van der Waals surface area contributed by atoms with Crippen LogP contribution in [0.15, 0.2) is 0 Å². The van der Waals surface area contributed by atoms with E-state index >= 15 is 0 Å². The summed E-state index contributed by atoms with van der Waals surface area (Å²) in [6.07, 6.45) is 0. The van der Waals surface area contributed by atoms with Gasteiger partial charge in [-0.25, -0.2) is 4.79 Å². The SMILES string of the molecule is COC(=O)COCCOCCOCCOCCOCCOCCOCCOCCOCCOCCO. The third kappa shape index (κ3) is 31.1. The molecular weight excluding hydrogens is 484 g/mol. The summed E-state index contributed by atoms with van der Waals surface area (Å²) in [4.78, 5) is 10.8. The van der Waals surface area contributed by atoms with Crippen molar-refractivity contribution in [1.29, 1.82) is 0 Å². The minimum atomic E-state index is -0.408. The predicted octanol–water partition coefficient (Wildman–Crippen LogP) is -0.682. The lowest BCUT2D eigenvalue weighted by Gasteiger charge is -2.09. The summed E-state index contributed by atoms with van der Waals surface area (Å²) in [7, 11) is 1.31. The third-order valence-electron chi connectivity index (χ3n) is 4.03. The molecule has 0 unspecified atom stereocenters. The minimum absolute atomic E-state index is 0.0231. The molecule has 0 aromatic heterocycles. The van der Waals surface area contributed by atoms with E-state index in [1.54, 1.807) is 0 Å². The van der Waals surface area contributed by atoms with E-state index in [9.17, 15) is 4.79 Å². The molecule has 0 amide bonds. The van der Waals surface area contributed by atoms with Crippen LogP contribution in [0, 0.1) is 0 Å². The van der Waals surface area contributed by atoms with Gasteiger partial charge < -0.3 is 57.2 Å². The Kier molecular flexibility index (Phi) is 31.2. The van der Waals surface area contributed by atoms with Crippen LogP contribution in [0.25, 0.3) is 0 Å². The summed E-state index contributed by atoms with van der Waals surface area (Å²) >= 11 is 0. The second-order valence-corrected chi connectivity index (χ2v) is 6.86. The largest absolute Gasteiger partial charge is 0.467 e. The van der Waals surface area contributed by atoms with E-state index in [4.69, 9.17) is 52.5 Å². The number of carbonyl (C=O) groups is 1. The summed E-state index contributed by atoms with van der Waals surface area (Å²) in [6.45, 7) is 8.80. The Labute approximate surface area is 214 Å².